The minimum atomic E-state index is -3.90. The Labute approximate surface area is 223 Å². The fourth-order valence-electron chi connectivity index (χ4n) is 4.77. The highest BCUT2D eigenvalue weighted by Crippen LogP contribution is 2.29. The van der Waals surface area contributed by atoms with Crippen molar-refractivity contribution < 1.29 is 17.6 Å². The molecule has 4 rings (SSSR count). The predicted octanol–water partition coefficient (Wildman–Crippen LogP) is 5.90. The third-order valence-corrected chi connectivity index (χ3v) is 8.99. The largest absolute Gasteiger partial charge is 0.353 e. The zero-order valence-electron chi connectivity index (χ0n) is 20.9. The van der Waals surface area contributed by atoms with Crippen molar-refractivity contribution in [2.75, 3.05) is 6.54 Å². The summed E-state index contributed by atoms with van der Waals surface area (Å²) in [6, 6.07) is 21.0. The molecule has 1 fully saturated rings. The first-order valence-electron chi connectivity index (χ1n) is 12.5. The number of nitrogens with one attached hydrogen (secondary N) is 1. The third kappa shape index (κ3) is 7.40. The van der Waals surface area contributed by atoms with Crippen molar-refractivity contribution >= 4 is 27.5 Å². The molecule has 1 aliphatic rings. The molecule has 37 heavy (non-hydrogen) atoms. The van der Waals surface area contributed by atoms with Crippen LogP contribution in [-0.4, -0.2) is 31.2 Å². The standard InChI is InChI=1S/C29H32ClFN2O3S/c1-21-7-9-22(10-8-21)17-29(34)32-25-13-11-24(12-14-25)20-33(19-23-5-3-2-4-6-23)37(35,36)26-15-16-28(31)27(30)18-26/h2-10,15-16,18,24-25H,11-14,17,19-20H2,1H3,(H,32,34). The van der Waals surface area contributed by atoms with Crippen LogP contribution in [0.4, 0.5) is 4.39 Å². The van der Waals surface area contributed by atoms with Gasteiger partial charge in [0.2, 0.25) is 15.9 Å². The van der Waals surface area contributed by atoms with E-state index < -0.39 is 15.8 Å². The molecule has 5 nitrogen and oxygen atoms in total. The van der Waals surface area contributed by atoms with Crippen molar-refractivity contribution in [3.05, 3.63) is 100 Å². The zero-order chi connectivity index (χ0) is 26.4. The highest BCUT2D eigenvalue weighted by molar-refractivity contribution is 7.89. The Hall–Kier alpha value is -2.74. The van der Waals surface area contributed by atoms with Crippen molar-refractivity contribution in [2.24, 2.45) is 5.92 Å². The molecule has 0 radical (unpaired) electrons. The van der Waals surface area contributed by atoms with E-state index in [1.54, 1.807) is 0 Å². The molecule has 0 unspecified atom stereocenters. The van der Waals surface area contributed by atoms with E-state index in [0.717, 1.165) is 48.4 Å². The highest BCUT2D eigenvalue weighted by Gasteiger charge is 2.30. The molecule has 196 valence electrons. The summed E-state index contributed by atoms with van der Waals surface area (Å²) in [5, 5.41) is 2.92. The molecule has 1 aliphatic carbocycles. The van der Waals surface area contributed by atoms with E-state index in [1.807, 2.05) is 61.5 Å². The molecule has 0 aliphatic heterocycles. The fraction of sp³-hybridized carbons (Fsp3) is 0.345. The second-order valence-corrected chi connectivity index (χ2v) is 12.2. The normalized spacial score (nSPS) is 18.1. The molecule has 1 saturated carbocycles. The summed E-state index contributed by atoms with van der Waals surface area (Å²) in [4.78, 5) is 12.5. The first-order chi connectivity index (χ1) is 17.7. The second-order valence-electron chi connectivity index (χ2n) is 9.81. The van der Waals surface area contributed by atoms with Gasteiger partial charge in [-0.3, -0.25) is 4.79 Å². The maximum Gasteiger partial charge on any atom is 0.243 e. The van der Waals surface area contributed by atoms with Crippen molar-refractivity contribution in [1.82, 2.24) is 9.62 Å². The number of carbonyl (C=O) groups excluding carboxylic acids is 1. The van der Waals surface area contributed by atoms with Crippen LogP contribution in [0.2, 0.25) is 5.02 Å². The Kier molecular flexibility index (Phi) is 9.00. The van der Waals surface area contributed by atoms with Gasteiger partial charge in [-0.15, -0.1) is 0 Å². The van der Waals surface area contributed by atoms with Crippen LogP contribution in [0, 0.1) is 18.7 Å². The van der Waals surface area contributed by atoms with E-state index in [4.69, 9.17) is 11.6 Å². The Morgan fingerprint density at radius 1 is 0.973 bits per heavy atom. The second kappa shape index (κ2) is 12.2. The van der Waals surface area contributed by atoms with Crippen LogP contribution >= 0.6 is 11.6 Å². The highest BCUT2D eigenvalue weighted by atomic mass is 35.5. The number of aryl methyl sites for hydroxylation is 1. The molecule has 3 aromatic carbocycles. The molecular weight excluding hydrogens is 511 g/mol. The van der Waals surface area contributed by atoms with Gasteiger partial charge in [0.1, 0.15) is 5.82 Å². The lowest BCUT2D eigenvalue weighted by molar-refractivity contribution is -0.121. The number of halogens is 2. The first-order valence-corrected chi connectivity index (χ1v) is 14.4. The average molecular weight is 543 g/mol. The van der Waals surface area contributed by atoms with E-state index in [-0.39, 0.29) is 34.3 Å². The molecule has 0 aromatic heterocycles. The maximum absolute atomic E-state index is 13.7. The summed E-state index contributed by atoms with van der Waals surface area (Å²) >= 11 is 5.90. The lowest BCUT2D eigenvalue weighted by atomic mass is 9.86. The van der Waals surface area contributed by atoms with Gasteiger partial charge in [0.25, 0.3) is 0 Å². The first kappa shape index (κ1) is 27.3. The monoisotopic (exact) mass is 542 g/mol. The van der Waals surface area contributed by atoms with Gasteiger partial charge < -0.3 is 5.32 Å². The Morgan fingerprint density at radius 3 is 2.30 bits per heavy atom. The average Bonchev–Trinajstić information content (AvgIpc) is 2.88. The van der Waals surface area contributed by atoms with E-state index in [1.165, 1.54) is 16.4 Å². The zero-order valence-corrected chi connectivity index (χ0v) is 22.4. The molecule has 0 spiro atoms. The van der Waals surface area contributed by atoms with E-state index >= 15 is 0 Å². The van der Waals surface area contributed by atoms with Gasteiger partial charge in [-0.05, 0) is 67.9 Å². The molecule has 0 atom stereocenters. The smallest absolute Gasteiger partial charge is 0.243 e. The van der Waals surface area contributed by atoms with Crippen LogP contribution in [0.25, 0.3) is 0 Å². The quantitative estimate of drug-likeness (QED) is 0.366. The molecule has 0 saturated heterocycles. The van der Waals surface area contributed by atoms with Crippen LogP contribution in [0.1, 0.15) is 42.4 Å². The Balaban J connectivity index is 1.39. The molecule has 3 aromatic rings. The molecule has 1 N–H and O–H groups in total. The summed E-state index contributed by atoms with van der Waals surface area (Å²) in [5.41, 5.74) is 3.02. The van der Waals surface area contributed by atoms with Gasteiger partial charge in [0.15, 0.2) is 0 Å². The lowest BCUT2D eigenvalue weighted by Gasteiger charge is -2.33. The van der Waals surface area contributed by atoms with Crippen molar-refractivity contribution in [1.29, 1.82) is 0 Å². The summed E-state index contributed by atoms with van der Waals surface area (Å²) in [7, 11) is -3.90. The van der Waals surface area contributed by atoms with Gasteiger partial charge in [0, 0.05) is 19.1 Å². The number of rotatable bonds is 9. The molecule has 1 amide bonds. The van der Waals surface area contributed by atoms with Crippen LogP contribution in [-0.2, 0) is 27.8 Å². The summed E-state index contributed by atoms with van der Waals surface area (Å²) in [6.45, 7) is 2.57. The maximum atomic E-state index is 13.7. The van der Waals surface area contributed by atoms with Crippen LogP contribution in [0.5, 0.6) is 0 Å². The van der Waals surface area contributed by atoms with Crippen LogP contribution < -0.4 is 5.32 Å². The predicted molar refractivity (Wildman–Crippen MR) is 144 cm³/mol. The van der Waals surface area contributed by atoms with E-state index in [9.17, 15) is 17.6 Å². The van der Waals surface area contributed by atoms with Crippen molar-refractivity contribution in [2.45, 2.75) is 56.5 Å². The van der Waals surface area contributed by atoms with Crippen LogP contribution in [0.3, 0.4) is 0 Å². The van der Waals surface area contributed by atoms with E-state index in [0.29, 0.717) is 13.0 Å². The number of carbonyl (C=O) groups is 1. The topological polar surface area (TPSA) is 66.5 Å². The number of sulfonamides is 1. The number of amides is 1. The molecule has 8 heteroatoms. The molecule has 0 heterocycles. The Bertz CT molecular complexity index is 1310. The minimum Gasteiger partial charge on any atom is -0.353 e. The number of nitrogens with zero attached hydrogens (tertiary/aromatic N) is 1. The number of benzene rings is 3. The number of hydrogen-bond donors (Lipinski definition) is 1. The third-order valence-electron chi connectivity index (χ3n) is 6.89. The van der Waals surface area contributed by atoms with Gasteiger partial charge >= 0.3 is 0 Å². The fourth-order valence-corrected chi connectivity index (χ4v) is 6.54. The minimum absolute atomic E-state index is 0.00812. The van der Waals surface area contributed by atoms with E-state index in [2.05, 4.69) is 5.32 Å². The molecule has 0 bridgehead atoms. The van der Waals surface area contributed by atoms with Crippen LogP contribution in [0.15, 0.2) is 77.7 Å². The molecular formula is C29H32ClFN2O3S. The van der Waals surface area contributed by atoms with Gasteiger partial charge in [-0.25, -0.2) is 12.8 Å². The summed E-state index contributed by atoms with van der Waals surface area (Å²) in [5.74, 6) is -0.494. The van der Waals surface area contributed by atoms with Gasteiger partial charge in [0.05, 0.1) is 16.3 Å². The summed E-state index contributed by atoms with van der Waals surface area (Å²) in [6.07, 6.45) is 3.56. The number of hydrogen-bond acceptors (Lipinski definition) is 3. The lowest BCUT2D eigenvalue weighted by Crippen LogP contribution is -2.41. The van der Waals surface area contributed by atoms with Gasteiger partial charge in [-0.1, -0.05) is 71.8 Å². The SMILES string of the molecule is Cc1ccc(CC(=O)NC2CCC(CN(Cc3ccccc3)S(=O)(=O)c3ccc(F)c(Cl)c3)CC2)cc1. The van der Waals surface area contributed by atoms with Gasteiger partial charge in [-0.2, -0.15) is 4.31 Å². The summed E-state index contributed by atoms with van der Waals surface area (Å²) < 4.78 is 42.3. The van der Waals surface area contributed by atoms with Crippen molar-refractivity contribution in [3.63, 3.8) is 0 Å². The van der Waals surface area contributed by atoms with Crippen molar-refractivity contribution in [3.8, 4) is 0 Å². The Morgan fingerprint density at radius 2 is 1.65 bits per heavy atom.